The Kier molecular flexibility index (Phi) is 124. The van der Waals surface area contributed by atoms with Gasteiger partial charge in [0.15, 0.2) is 0 Å². The summed E-state index contributed by atoms with van der Waals surface area (Å²) in [4.78, 5) is 130. The Labute approximate surface area is 742 Å². The standard InChI is InChI=1S/C13H26O2.C11H22O2.C10H20O2.C8H16O2.C7H6O3.C7H14O2.3C6H12O2.2C5H11NO2.2C5H10O2/c1-2-3-4-5-6-7-8-9-10-11-12-13(14)15;1-2-3-4-5-6-7-8-9-10-11(12)13;1-2-3-4-5-6-7-8-9-10(11)12;1-2-3-4-5-6-7-8(9)10;8-6-4-2-1-3-5(6)7(9)10;1-2-3-4-5-6-7(8)9;1-6(2,3)4-5(7)8;1-4-6(2,3)5(7)8;1-2-3-4-5-6(7)8;1-3(2)4(6)5(7)8;1-2-3-4(6)5(7)8;1-4(2)3-5(6)7;1-2-3-4-5(6)7/h2-12H2,1H3,(H,14,15);2-10H2,1H3,(H,12,13);2-9H2,1H3,(H,11,12);2-7H2,1H3,(H,9,10);1-4,8H,(H,9,10);2-6H2,1H3,(H,8,9);2*4H2,1-3H3,(H,7,8);2-5H2,1H3,(H,7,8);3-4H,6H2,1-2H3,(H,7,8);4H,2-3,6H2,1H3,(H,7,8);4H,3H2,1-2H3,(H,6,7);2-4H2,1H3,(H,6,7). The molecular formula is C94H182N2O27. The van der Waals surface area contributed by atoms with Crippen LogP contribution >= 0.6 is 0 Å². The van der Waals surface area contributed by atoms with E-state index in [0.29, 0.717) is 57.8 Å². The highest BCUT2D eigenvalue weighted by Gasteiger charge is 2.24. The predicted octanol–water partition coefficient (Wildman–Crippen LogP) is 24.1. The number of hydrogen-bond donors (Lipinski definition) is 16. The minimum Gasteiger partial charge on any atom is -0.507 e. The van der Waals surface area contributed by atoms with Crippen molar-refractivity contribution >= 4 is 77.6 Å². The Balaban J connectivity index is -0.000000109. The molecule has 0 saturated heterocycles. The van der Waals surface area contributed by atoms with E-state index in [4.69, 9.17) is 83.0 Å². The molecule has 0 aliphatic rings. The van der Waals surface area contributed by atoms with E-state index in [0.717, 1.165) is 109 Å². The molecule has 1 rings (SSSR count). The van der Waals surface area contributed by atoms with Gasteiger partial charge in [-0.3, -0.25) is 57.5 Å². The number of aromatic hydroxyl groups is 1. The van der Waals surface area contributed by atoms with Crippen LogP contribution in [-0.4, -0.2) is 161 Å². The lowest BCUT2D eigenvalue weighted by Crippen LogP contribution is -2.34. The number of rotatable bonds is 57. The molecule has 2 unspecified atom stereocenters. The lowest BCUT2D eigenvalue weighted by Gasteiger charge is -2.14. The molecule has 123 heavy (non-hydrogen) atoms. The van der Waals surface area contributed by atoms with E-state index in [1.165, 1.54) is 160 Å². The molecule has 2 atom stereocenters. The number of para-hydroxylation sites is 1. The maximum absolute atomic E-state index is 10.3. The molecule has 0 fully saturated rings. The monoisotopic (exact) mass is 1770 g/mol. The molecule has 29 nitrogen and oxygen atoms in total. The quantitative estimate of drug-likeness (QED) is 0.0269. The smallest absolute Gasteiger partial charge is 0.339 e. The summed E-state index contributed by atoms with van der Waals surface area (Å²) in [6.07, 6.45) is 50.0. The molecule has 1 aromatic rings. The third-order valence-electron chi connectivity index (χ3n) is 17.2. The minimum absolute atomic E-state index is 0.0208. The second-order valence-electron chi connectivity index (χ2n) is 32.6. The molecule has 730 valence electrons. The Bertz CT molecular complexity index is 2630. The normalized spacial score (nSPS) is 10.5. The van der Waals surface area contributed by atoms with Crippen molar-refractivity contribution in [2.45, 2.75) is 464 Å². The summed E-state index contributed by atoms with van der Waals surface area (Å²) in [5, 5.41) is 116. The van der Waals surface area contributed by atoms with Gasteiger partial charge in [0.2, 0.25) is 0 Å². The number of benzene rings is 1. The zero-order chi connectivity index (χ0) is 97.9. The highest BCUT2D eigenvalue weighted by atomic mass is 16.4. The van der Waals surface area contributed by atoms with E-state index < -0.39 is 95.1 Å². The molecule has 0 bridgehead atoms. The van der Waals surface area contributed by atoms with Gasteiger partial charge in [-0.15, -0.1) is 0 Å². The Morgan fingerprint density at radius 1 is 0.309 bits per heavy atom. The Morgan fingerprint density at radius 2 is 0.545 bits per heavy atom. The molecule has 18 N–H and O–H groups in total. The number of aliphatic carboxylic acids is 12. The number of hydrogen-bond acceptors (Lipinski definition) is 16. The molecule has 1 aromatic carbocycles. The van der Waals surface area contributed by atoms with Crippen LogP contribution in [0, 0.1) is 22.7 Å². The van der Waals surface area contributed by atoms with Gasteiger partial charge >= 0.3 is 77.6 Å². The molecule has 0 radical (unpaired) electrons. The number of phenols is 1. The van der Waals surface area contributed by atoms with E-state index in [1.807, 2.05) is 55.4 Å². The third-order valence-corrected chi connectivity index (χ3v) is 17.2. The van der Waals surface area contributed by atoms with Crippen LogP contribution in [0.4, 0.5) is 0 Å². The highest BCUT2D eigenvalue weighted by molar-refractivity contribution is 5.90. The predicted molar refractivity (Wildman–Crippen MR) is 492 cm³/mol. The Hall–Kier alpha value is -7.95. The van der Waals surface area contributed by atoms with Crippen molar-refractivity contribution in [1.82, 2.24) is 0 Å². The van der Waals surface area contributed by atoms with Crippen LogP contribution in [0.15, 0.2) is 24.3 Å². The van der Waals surface area contributed by atoms with Gasteiger partial charge in [-0.05, 0) is 101 Å². The zero-order valence-corrected chi connectivity index (χ0v) is 79.9. The fourth-order valence-electron chi connectivity index (χ4n) is 9.17. The molecule has 0 spiro atoms. The Morgan fingerprint density at radius 3 is 0.667 bits per heavy atom. The number of nitrogens with two attached hydrogens (primary N) is 2. The van der Waals surface area contributed by atoms with Gasteiger partial charge in [0.25, 0.3) is 0 Å². The van der Waals surface area contributed by atoms with Gasteiger partial charge in [-0.1, -0.05) is 335 Å². The van der Waals surface area contributed by atoms with Crippen molar-refractivity contribution in [2.24, 2.45) is 34.1 Å². The number of carboxylic acid groups (broad SMARTS) is 13. The summed E-state index contributed by atoms with van der Waals surface area (Å²) in [5.41, 5.74) is 9.60. The van der Waals surface area contributed by atoms with Gasteiger partial charge < -0.3 is 83.0 Å². The van der Waals surface area contributed by atoms with E-state index >= 15 is 0 Å². The molecule has 0 saturated carbocycles. The van der Waals surface area contributed by atoms with Crippen molar-refractivity contribution in [2.75, 3.05) is 0 Å². The topological polar surface area (TPSA) is 557 Å². The van der Waals surface area contributed by atoms with Crippen LogP contribution < -0.4 is 11.5 Å². The highest BCUT2D eigenvalue weighted by Crippen LogP contribution is 2.20. The van der Waals surface area contributed by atoms with Gasteiger partial charge in [-0.2, -0.15) is 0 Å². The lowest BCUT2D eigenvalue weighted by atomic mass is 9.91. The molecule has 0 heterocycles. The number of unbranched alkanes of at least 4 members (excludes halogenated alkanes) is 32. The van der Waals surface area contributed by atoms with E-state index in [1.54, 1.807) is 39.8 Å². The molecule has 0 aromatic heterocycles. The van der Waals surface area contributed by atoms with Crippen LogP contribution in [0.5, 0.6) is 5.75 Å². The van der Waals surface area contributed by atoms with Gasteiger partial charge in [0.1, 0.15) is 23.4 Å². The minimum atomic E-state index is -1.11. The van der Waals surface area contributed by atoms with Crippen LogP contribution in [-0.2, 0) is 57.5 Å². The summed E-state index contributed by atoms with van der Waals surface area (Å²) in [6.45, 7) is 35.2. The summed E-state index contributed by atoms with van der Waals surface area (Å²) in [7, 11) is 0. The van der Waals surface area contributed by atoms with Crippen molar-refractivity contribution in [3.63, 3.8) is 0 Å². The SMILES string of the molecule is CC(C)(C)CC(=O)O.CC(C)C(N)C(=O)O.CC(C)CC(=O)O.CCC(C)(C)C(=O)O.CCCC(N)C(=O)O.CCCCC(=O)O.CCCCCC(=O)O.CCCCCCC(=O)O.CCCCCCCC(=O)O.CCCCCCCCCC(=O)O.CCCCCCCCCCC(=O)O.CCCCCCCCCCCCC(=O)O.O=C(O)c1ccccc1O. The first-order valence-electron chi connectivity index (χ1n) is 45.6. The zero-order valence-electron chi connectivity index (χ0n) is 79.9. The number of carbonyl (C=O) groups is 13. The first-order chi connectivity index (χ1) is 57.4. The maximum atomic E-state index is 10.3. The molecule has 0 aliphatic carbocycles. The second kappa shape index (κ2) is 108. The number of aromatic carboxylic acids is 1. The van der Waals surface area contributed by atoms with Crippen LogP contribution in [0.25, 0.3) is 0 Å². The summed E-state index contributed by atoms with van der Waals surface area (Å²) < 4.78 is 0. The summed E-state index contributed by atoms with van der Waals surface area (Å²) in [6, 6.07) is 4.43. The van der Waals surface area contributed by atoms with Gasteiger partial charge in [0, 0.05) is 51.4 Å². The molecule has 0 aliphatic heterocycles. The average molecular weight is 1770 g/mol. The van der Waals surface area contributed by atoms with Crippen molar-refractivity contribution < 1.29 is 134 Å². The van der Waals surface area contributed by atoms with Crippen LogP contribution in [0.3, 0.4) is 0 Å². The fourth-order valence-corrected chi connectivity index (χ4v) is 9.17. The summed E-state index contributed by atoms with van der Waals surface area (Å²) in [5.74, 6) is -9.72. The van der Waals surface area contributed by atoms with Gasteiger partial charge in [-0.25, -0.2) is 4.79 Å². The van der Waals surface area contributed by atoms with Crippen LogP contribution in [0.2, 0.25) is 0 Å². The van der Waals surface area contributed by atoms with Crippen molar-refractivity contribution in [1.29, 1.82) is 0 Å². The fraction of sp³-hybridized carbons (Fsp3) is 0.798. The van der Waals surface area contributed by atoms with E-state index in [2.05, 4.69) is 41.5 Å². The van der Waals surface area contributed by atoms with Crippen molar-refractivity contribution in [3.05, 3.63) is 29.8 Å². The largest absolute Gasteiger partial charge is 0.507 e. The lowest BCUT2D eigenvalue weighted by molar-refractivity contribution is -0.147. The molecule has 29 heteroatoms. The molecule has 0 amide bonds. The number of carboxylic acids is 13. The second-order valence-corrected chi connectivity index (χ2v) is 32.6. The average Bonchev–Trinajstić information content (AvgIpc) is 0.895. The maximum Gasteiger partial charge on any atom is 0.339 e. The third kappa shape index (κ3) is 165. The van der Waals surface area contributed by atoms with Crippen LogP contribution in [0.1, 0.15) is 462 Å². The molecular weight excluding hydrogens is 1590 g/mol. The summed E-state index contributed by atoms with van der Waals surface area (Å²) >= 11 is 0. The van der Waals surface area contributed by atoms with E-state index in [-0.39, 0.29) is 41.4 Å². The first kappa shape index (κ1) is 141. The van der Waals surface area contributed by atoms with Gasteiger partial charge in [0.05, 0.1) is 11.8 Å². The van der Waals surface area contributed by atoms with E-state index in [9.17, 15) is 62.3 Å². The first-order valence-corrected chi connectivity index (χ1v) is 45.6. The van der Waals surface area contributed by atoms with Crippen molar-refractivity contribution in [3.8, 4) is 5.75 Å².